The van der Waals surface area contributed by atoms with Crippen LogP contribution in [-0.2, 0) is 6.42 Å². The van der Waals surface area contributed by atoms with Gasteiger partial charge in [0.2, 0.25) is 0 Å². The first-order valence-electron chi connectivity index (χ1n) is 8.53. The van der Waals surface area contributed by atoms with E-state index in [1.54, 1.807) is 12.3 Å². The van der Waals surface area contributed by atoms with Crippen LogP contribution < -0.4 is 5.32 Å². The molecule has 0 radical (unpaired) electrons. The van der Waals surface area contributed by atoms with E-state index in [1.807, 2.05) is 42.5 Å². The van der Waals surface area contributed by atoms with Crippen LogP contribution in [0.25, 0.3) is 22.0 Å². The van der Waals surface area contributed by atoms with Gasteiger partial charge >= 0.3 is 0 Å². The summed E-state index contributed by atoms with van der Waals surface area (Å²) in [5.74, 6) is -0.167. The van der Waals surface area contributed by atoms with Gasteiger partial charge in [-0.2, -0.15) is 5.10 Å². The third-order valence-electron chi connectivity index (χ3n) is 4.28. The number of aromatic amines is 1. The lowest BCUT2D eigenvalue weighted by Gasteiger charge is -2.03. The van der Waals surface area contributed by atoms with Crippen molar-refractivity contribution in [3.63, 3.8) is 0 Å². The third-order valence-corrected chi connectivity index (χ3v) is 4.28. The van der Waals surface area contributed by atoms with E-state index >= 15 is 0 Å². The molecule has 0 saturated carbocycles. The third kappa shape index (κ3) is 3.32. The summed E-state index contributed by atoms with van der Waals surface area (Å²) in [4.78, 5) is 16.6. The molecule has 1 amide bonds. The summed E-state index contributed by atoms with van der Waals surface area (Å²) < 4.78 is 0. The van der Waals surface area contributed by atoms with E-state index in [9.17, 15) is 4.79 Å². The number of pyridine rings is 1. The molecule has 128 valence electrons. The van der Waals surface area contributed by atoms with Crippen molar-refractivity contribution < 1.29 is 4.79 Å². The largest absolute Gasteiger partial charge is 0.350 e. The van der Waals surface area contributed by atoms with Crippen LogP contribution >= 0.6 is 0 Å². The second kappa shape index (κ2) is 7.19. The Balaban J connectivity index is 1.48. The van der Waals surface area contributed by atoms with Crippen LogP contribution in [0.2, 0.25) is 0 Å². The number of carbonyl (C=O) groups is 1. The average Bonchev–Trinajstić information content (AvgIpc) is 3.18. The molecule has 2 aromatic carbocycles. The van der Waals surface area contributed by atoms with Gasteiger partial charge in [-0.25, -0.2) is 0 Å². The van der Waals surface area contributed by atoms with Crippen LogP contribution in [0.1, 0.15) is 16.2 Å². The number of rotatable bonds is 5. The summed E-state index contributed by atoms with van der Waals surface area (Å²) in [5, 5.41) is 12.3. The van der Waals surface area contributed by atoms with Gasteiger partial charge in [0.25, 0.3) is 5.91 Å². The second-order valence-electron chi connectivity index (χ2n) is 6.02. The lowest BCUT2D eigenvalue weighted by molar-refractivity contribution is 0.0949. The van der Waals surface area contributed by atoms with Crippen molar-refractivity contribution in [1.29, 1.82) is 0 Å². The summed E-state index contributed by atoms with van der Waals surface area (Å²) >= 11 is 0. The Labute approximate surface area is 151 Å². The molecule has 0 aliphatic heterocycles. The Morgan fingerprint density at radius 3 is 2.73 bits per heavy atom. The summed E-state index contributed by atoms with van der Waals surface area (Å²) in [6.07, 6.45) is 2.44. The summed E-state index contributed by atoms with van der Waals surface area (Å²) in [7, 11) is 0. The topological polar surface area (TPSA) is 70.7 Å². The van der Waals surface area contributed by atoms with Gasteiger partial charge in [0.05, 0.1) is 5.69 Å². The first-order valence-corrected chi connectivity index (χ1v) is 8.53. The Kier molecular flexibility index (Phi) is 4.43. The van der Waals surface area contributed by atoms with Gasteiger partial charge in [0, 0.05) is 30.4 Å². The number of hydrogen-bond acceptors (Lipinski definition) is 3. The maximum absolute atomic E-state index is 12.3. The van der Waals surface area contributed by atoms with Gasteiger partial charge in [-0.1, -0.05) is 48.5 Å². The fraction of sp³-hybridized carbons (Fsp3) is 0.0952. The molecule has 0 unspecified atom stereocenters. The zero-order valence-electron chi connectivity index (χ0n) is 14.1. The smallest absolute Gasteiger partial charge is 0.269 e. The molecule has 0 atom stereocenters. The lowest BCUT2D eigenvalue weighted by atomic mass is 10.0. The summed E-state index contributed by atoms with van der Waals surface area (Å²) in [5.41, 5.74) is 3.17. The van der Waals surface area contributed by atoms with E-state index in [0.29, 0.717) is 18.7 Å². The van der Waals surface area contributed by atoms with Crippen molar-refractivity contribution in [2.24, 2.45) is 0 Å². The first kappa shape index (κ1) is 16.0. The highest BCUT2D eigenvalue weighted by atomic mass is 16.1. The SMILES string of the molecule is O=C(NCCc1ccccn1)c1cc(-c2cccc3ccccc23)n[nH]1. The zero-order chi connectivity index (χ0) is 17.8. The summed E-state index contributed by atoms with van der Waals surface area (Å²) in [6.45, 7) is 0.526. The van der Waals surface area contributed by atoms with E-state index in [4.69, 9.17) is 0 Å². The molecule has 5 nitrogen and oxygen atoms in total. The van der Waals surface area contributed by atoms with Crippen LogP contribution in [-0.4, -0.2) is 27.6 Å². The molecule has 26 heavy (non-hydrogen) atoms. The number of benzene rings is 2. The lowest BCUT2D eigenvalue weighted by Crippen LogP contribution is -2.26. The van der Waals surface area contributed by atoms with Crippen LogP contribution in [0.3, 0.4) is 0 Å². The molecule has 0 bridgehead atoms. The summed E-state index contributed by atoms with van der Waals surface area (Å²) in [6, 6.07) is 21.8. The molecule has 0 aliphatic carbocycles. The molecular weight excluding hydrogens is 324 g/mol. The van der Waals surface area contributed by atoms with Crippen LogP contribution in [0.5, 0.6) is 0 Å². The molecular formula is C21H18N4O. The molecule has 4 rings (SSSR count). The fourth-order valence-corrected chi connectivity index (χ4v) is 2.97. The number of hydrogen-bond donors (Lipinski definition) is 2. The standard InChI is InChI=1S/C21H18N4O/c26-21(23-13-11-16-8-3-4-12-22-16)20-14-19(24-25-20)18-10-5-7-15-6-1-2-9-17(15)18/h1-10,12,14H,11,13H2,(H,23,26)(H,24,25). The number of aromatic nitrogens is 3. The first-order chi connectivity index (χ1) is 12.8. The van der Waals surface area contributed by atoms with Crippen molar-refractivity contribution in [2.45, 2.75) is 6.42 Å². The monoisotopic (exact) mass is 342 g/mol. The maximum Gasteiger partial charge on any atom is 0.269 e. The Bertz CT molecular complexity index is 1030. The molecule has 4 aromatic rings. The van der Waals surface area contributed by atoms with Crippen molar-refractivity contribution >= 4 is 16.7 Å². The van der Waals surface area contributed by atoms with Crippen molar-refractivity contribution in [1.82, 2.24) is 20.5 Å². The molecule has 2 heterocycles. The minimum absolute atomic E-state index is 0.167. The second-order valence-corrected chi connectivity index (χ2v) is 6.02. The number of nitrogens with zero attached hydrogens (tertiary/aromatic N) is 2. The molecule has 2 N–H and O–H groups in total. The Hall–Kier alpha value is -3.47. The maximum atomic E-state index is 12.3. The highest BCUT2D eigenvalue weighted by Crippen LogP contribution is 2.27. The number of amides is 1. The van der Waals surface area contributed by atoms with Gasteiger partial charge in [-0.15, -0.1) is 0 Å². The van der Waals surface area contributed by atoms with E-state index in [1.165, 1.54) is 0 Å². The van der Waals surface area contributed by atoms with Crippen LogP contribution in [0, 0.1) is 0 Å². The number of carbonyl (C=O) groups excluding carboxylic acids is 1. The predicted octanol–water partition coefficient (Wildman–Crippen LogP) is 3.60. The molecule has 0 aliphatic rings. The minimum atomic E-state index is -0.167. The highest BCUT2D eigenvalue weighted by Gasteiger charge is 2.12. The highest BCUT2D eigenvalue weighted by molar-refractivity contribution is 5.98. The number of H-pyrrole nitrogens is 1. The van der Waals surface area contributed by atoms with Crippen molar-refractivity contribution in [3.05, 3.63) is 84.3 Å². The van der Waals surface area contributed by atoms with E-state index in [2.05, 4.69) is 38.7 Å². The quantitative estimate of drug-likeness (QED) is 0.582. The molecule has 0 saturated heterocycles. The van der Waals surface area contributed by atoms with E-state index in [0.717, 1.165) is 27.7 Å². The van der Waals surface area contributed by atoms with E-state index in [-0.39, 0.29) is 5.91 Å². The van der Waals surface area contributed by atoms with Crippen molar-refractivity contribution in [2.75, 3.05) is 6.54 Å². The number of fused-ring (bicyclic) bond motifs is 1. The molecule has 5 heteroatoms. The molecule has 0 spiro atoms. The normalized spacial score (nSPS) is 10.8. The average molecular weight is 342 g/mol. The zero-order valence-corrected chi connectivity index (χ0v) is 14.1. The molecule has 0 fully saturated rings. The van der Waals surface area contributed by atoms with Gasteiger partial charge in [-0.3, -0.25) is 14.9 Å². The number of nitrogens with one attached hydrogen (secondary N) is 2. The predicted molar refractivity (Wildman–Crippen MR) is 102 cm³/mol. The molecule has 2 aromatic heterocycles. The minimum Gasteiger partial charge on any atom is -0.350 e. The Morgan fingerprint density at radius 2 is 1.85 bits per heavy atom. The van der Waals surface area contributed by atoms with Crippen molar-refractivity contribution in [3.8, 4) is 11.3 Å². The van der Waals surface area contributed by atoms with Gasteiger partial charge in [-0.05, 0) is 29.0 Å². The van der Waals surface area contributed by atoms with Crippen LogP contribution in [0.15, 0.2) is 72.9 Å². The van der Waals surface area contributed by atoms with Gasteiger partial charge in [0.15, 0.2) is 0 Å². The van der Waals surface area contributed by atoms with E-state index < -0.39 is 0 Å². The Morgan fingerprint density at radius 1 is 1.00 bits per heavy atom. The van der Waals surface area contributed by atoms with Crippen LogP contribution in [0.4, 0.5) is 0 Å². The van der Waals surface area contributed by atoms with Gasteiger partial charge < -0.3 is 5.32 Å². The van der Waals surface area contributed by atoms with Gasteiger partial charge in [0.1, 0.15) is 5.69 Å². The fourth-order valence-electron chi connectivity index (χ4n) is 2.97.